The Kier molecular flexibility index (Phi) is 2.98. The molecule has 0 spiro atoms. The number of carboxylic acid groups (broad SMARTS) is 1. The quantitative estimate of drug-likeness (QED) is 0.783. The van der Waals surface area contributed by atoms with E-state index in [-0.39, 0.29) is 12.0 Å². The average molecular weight is 259 g/mol. The summed E-state index contributed by atoms with van der Waals surface area (Å²) < 4.78 is 39.3. The Morgan fingerprint density at radius 2 is 1.83 bits per heavy atom. The van der Waals surface area contributed by atoms with Crippen LogP contribution in [0.15, 0.2) is 12.1 Å². The van der Waals surface area contributed by atoms with E-state index < -0.39 is 41.3 Å². The lowest BCUT2D eigenvalue weighted by Crippen LogP contribution is -2.36. The minimum absolute atomic E-state index is 0.279. The van der Waals surface area contributed by atoms with Gasteiger partial charge in [-0.05, 0) is 11.6 Å². The van der Waals surface area contributed by atoms with Crippen molar-refractivity contribution in [2.75, 3.05) is 0 Å². The van der Waals surface area contributed by atoms with Gasteiger partial charge < -0.3 is 10.4 Å². The Bertz CT molecular complexity index is 533. The zero-order valence-corrected chi connectivity index (χ0v) is 8.91. The van der Waals surface area contributed by atoms with Gasteiger partial charge in [-0.2, -0.15) is 0 Å². The Balaban J connectivity index is 2.44. The van der Waals surface area contributed by atoms with Gasteiger partial charge >= 0.3 is 5.97 Å². The van der Waals surface area contributed by atoms with Crippen molar-refractivity contribution >= 4 is 11.9 Å². The van der Waals surface area contributed by atoms with Crippen LogP contribution >= 0.6 is 0 Å². The average Bonchev–Trinajstić information content (AvgIpc) is 2.65. The molecule has 7 heteroatoms. The molecule has 18 heavy (non-hydrogen) atoms. The van der Waals surface area contributed by atoms with Crippen LogP contribution in [0.5, 0.6) is 0 Å². The molecule has 1 saturated heterocycles. The molecule has 1 heterocycles. The lowest BCUT2D eigenvalue weighted by atomic mass is 9.91. The third kappa shape index (κ3) is 2.03. The molecule has 2 rings (SSSR count). The van der Waals surface area contributed by atoms with Gasteiger partial charge in [0.1, 0.15) is 11.9 Å². The number of carbonyl (C=O) groups excluding carboxylic acids is 1. The summed E-state index contributed by atoms with van der Waals surface area (Å²) in [5.41, 5.74) is -0.320. The van der Waals surface area contributed by atoms with Crippen LogP contribution in [0.25, 0.3) is 0 Å². The summed E-state index contributed by atoms with van der Waals surface area (Å²) in [5, 5.41) is 11.0. The molecule has 4 nitrogen and oxygen atoms in total. The van der Waals surface area contributed by atoms with E-state index in [1.165, 1.54) is 0 Å². The number of aliphatic carboxylic acids is 1. The smallest absolute Gasteiger partial charge is 0.326 e. The highest BCUT2D eigenvalue weighted by Gasteiger charge is 2.40. The molecule has 96 valence electrons. The lowest BCUT2D eigenvalue weighted by molar-refractivity contribution is -0.140. The minimum Gasteiger partial charge on any atom is -0.480 e. The number of rotatable bonds is 2. The zero-order chi connectivity index (χ0) is 13.4. The van der Waals surface area contributed by atoms with E-state index >= 15 is 0 Å². The van der Waals surface area contributed by atoms with Gasteiger partial charge in [-0.15, -0.1) is 0 Å². The van der Waals surface area contributed by atoms with Crippen LogP contribution in [0, 0.1) is 17.5 Å². The SMILES string of the molecule is O=C1CC(c2cc(F)c(F)cc2F)C(C(=O)O)N1. The molecule has 2 unspecified atom stereocenters. The van der Waals surface area contributed by atoms with Crippen LogP contribution < -0.4 is 5.32 Å². The van der Waals surface area contributed by atoms with Crippen LogP contribution in [0.4, 0.5) is 13.2 Å². The van der Waals surface area contributed by atoms with E-state index in [2.05, 4.69) is 5.32 Å². The van der Waals surface area contributed by atoms with E-state index in [1.807, 2.05) is 0 Å². The molecule has 1 fully saturated rings. The number of carbonyl (C=O) groups is 2. The molecule has 1 aliphatic heterocycles. The van der Waals surface area contributed by atoms with Crippen molar-refractivity contribution in [2.45, 2.75) is 18.4 Å². The summed E-state index contributed by atoms with van der Waals surface area (Å²) in [6.07, 6.45) is -0.279. The summed E-state index contributed by atoms with van der Waals surface area (Å²) in [6.45, 7) is 0. The molecule has 0 saturated carbocycles. The number of amides is 1. The van der Waals surface area contributed by atoms with Gasteiger partial charge in [0.25, 0.3) is 0 Å². The monoisotopic (exact) mass is 259 g/mol. The molecule has 0 aliphatic carbocycles. The maximum atomic E-state index is 13.5. The molecule has 1 aromatic carbocycles. The first-order chi connectivity index (χ1) is 8.40. The van der Waals surface area contributed by atoms with Gasteiger partial charge in [-0.3, -0.25) is 4.79 Å². The van der Waals surface area contributed by atoms with Gasteiger partial charge in [0.2, 0.25) is 5.91 Å². The molecule has 1 aliphatic rings. The fourth-order valence-corrected chi connectivity index (χ4v) is 2.00. The van der Waals surface area contributed by atoms with E-state index in [1.54, 1.807) is 0 Å². The lowest BCUT2D eigenvalue weighted by Gasteiger charge is -2.15. The molecule has 1 amide bonds. The summed E-state index contributed by atoms with van der Waals surface area (Å²) in [4.78, 5) is 22.0. The van der Waals surface area contributed by atoms with E-state index in [0.29, 0.717) is 12.1 Å². The number of benzene rings is 1. The molecule has 0 aromatic heterocycles. The third-order valence-corrected chi connectivity index (χ3v) is 2.83. The van der Waals surface area contributed by atoms with Gasteiger partial charge in [0.15, 0.2) is 11.6 Å². The van der Waals surface area contributed by atoms with Crippen molar-refractivity contribution in [3.8, 4) is 0 Å². The highest BCUT2D eigenvalue weighted by molar-refractivity contribution is 5.89. The van der Waals surface area contributed by atoms with Crippen LogP contribution in [0.3, 0.4) is 0 Å². The normalized spacial score (nSPS) is 22.9. The van der Waals surface area contributed by atoms with Gasteiger partial charge in [-0.25, -0.2) is 18.0 Å². The number of nitrogens with one attached hydrogen (secondary N) is 1. The van der Waals surface area contributed by atoms with Crippen LogP contribution in [-0.4, -0.2) is 23.0 Å². The first-order valence-electron chi connectivity index (χ1n) is 5.06. The second kappa shape index (κ2) is 4.32. The molecular formula is C11H8F3NO3. The van der Waals surface area contributed by atoms with Gasteiger partial charge in [0, 0.05) is 18.4 Å². The van der Waals surface area contributed by atoms with Crippen molar-refractivity contribution < 1.29 is 27.9 Å². The van der Waals surface area contributed by atoms with Crippen molar-refractivity contribution in [1.29, 1.82) is 0 Å². The van der Waals surface area contributed by atoms with Crippen LogP contribution in [-0.2, 0) is 9.59 Å². The summed E-state index contributed by atoms with van der Waals surface area (Å²) in [5.74, 6) is -6.69. The maximum absolute atomic E-state index is 13.5. The van der Waals surface area contributed by atoms with E-state index in [4.69, 9.17) is 5.11 Å². The number of hydrogen-bond donors (Lipinski definition) is 2. The van der Waals surface area contributed by atoms with Crippen molar-refractivity contribution in [1.82, 2.24) is 5.32 Å². The van der Waals surface area contributed by atoms with Crippen molar-refractivity contribution in [3.05, 3.63) is 35.1 Å². The van der Waals surface area contributed by atoms with Crippen LogP contribution in [0.2, 0.25) is 0 Å². The zero-order valence-electron chi connectivity index (χ0n) is 8.91. The van der Waals surface area contributed by atoms with Gasteiger partial charge in [-0.1, -0.05) is 0 Å². The largest absolute Gasteiger partial charge is 0.480 e. The minimum atomic E-state index is -1.36. The Morgan fingerprint density at radius 3 is 2.44 bits per heavy atom. The summed E-state index contributed by atoms with van der Waals surface area (Å²) in [7, 11) is 0. The number of hydrogen-bond acceptors (Lipinski definition) is 2. The number of carboxylic acids is 1. The number of halogens is 3. The fourth-order valence-electron chi connectivity index (χ4n) is 2.00. The molecule has 2 atom stereocenters. The van der Waals surface area contributed by atoms with Crippen LogP contribution in [0.1, 0.15) is 17.9 Å². The van der Waals surface area contributed by atoms with E-state index in [0.717, 1.165) is 0 Å². The van der Waals surface area contributed by atoms with Crippen molar-refractivity contribution in [3.63, 3.8) is 0 Å². The predicted octanol–water partition coefficient (Wildman–Crippen LogP) is 1.16. The van der Waals surface area contributed by atoms with Gasteiger partial charge in [0.05, 0.1) is 0 Å². The standard InChI is InChI=1S/C11H8F3NO3/c12-6-3-8(14)7(13)1-4(6)5-2-9(16)15-10(5)11(17)18/h1,3,5,10H,2H2,(H,15,16)(H,17,18). The first kappa shape index (κ1) is 12.4. The molecular weight excluding hydrogens is 251 g/mol. The second-order valence-electron chi connectivity index (χ2n) is 3.98. The molecule has 0 radical (unpaired) electrons. The second-order valence-corrected chi connectivity index (χ2v) is 3.98. The summed E-state index contributed by atoms with van der Waals surface area (Å²) in [6, 6.07) is -0.408. The highest BCUT2D eigenvalue weighted by atomic mass is 19.2. The highest BCUT2D eigenvalue weighted by Crippen LogP contribution is 2.31. The van der Waals surface area contributed by atoms with Crippen molar-refractivity contribution in [2.24, 2.45) is 0 Å². The molecule has 0 bridgehead atoms. The predicted molar refractivity (Wildman–Crippen MR) is 53.2 cm³/mol. The molecule has 2 N–H and O–H groups in total. The Hall–Kier alpha value is -2.05. The van der Waals surface area contributed by atoms with E-state index in [9.17, 15) is 22.8 Å². The topological polar surface area (TPSA) is 66.4 Å². The summed E-state index contributed by atoms with van der Waals surface area (Å²) >= 11 is 0. The maximum Gasteiger partial charge on any atom is 0.326 e. The Labute approximate surface area is 99.4 Å². The molecule has 1 aromatic rings. The first-order valence-corrected chi connectivity index (χ1v) is 5.06. The third-order valence-electron chi connectivity index (χ3n) is 2.83. The Morgan fingerprint density at radius 1 is 1.22 bits per heavy atom. The fraction of sp³-hybridized carbons (Fsp3) is 0.273.